The summed E-state index contributed by atoms with van der Waals surface area (Å²) in [6.45, 7) is 16.2. The van der Waals surface area contributed by atoms with Gasteiger partial charge in [-0.2, -0.15) is 0 Å². The van der Waals surface area contributed by atoms with E-state index >= 15 is 0 Å². The molecule has 0 aromatic rings. The number of amides is 1. The van der Waals surface area contributed by atoms with Crippen LogP contribution >= 0.6 is 47.8 Å². The van der Waals surface area contributed by atoms with Crippen molar-refractivity contribution >= 4 is 72.2 Å². The van der Waals surface area contributed by atoms with Crippen LogP contribution in [0.15, 0.2) is 34.5 Å². The van der Waals surface area contributed by atoms with Gasteiger partial charge in [-0.1, -0.05) is 74.8 Å². The van der Waals surface area contributed by atoms with Crippen molar-refractivity contribution < 1.29 is 14.1 Å². The standard InChI is InChI=1S/C7H15BO2.2C7H12N2.C5H12N2O.3CH3Br.3CH5N.2CH4/c1-6(2)7(3,4)10-8(5)9-6;2*1-6(8-2)7-4-3-5-9-7;1-4(6-2)5(8)7-3;6*1-2;;/h1-5H3;2*3,5-6,8H,4H2,1-2H3;4,6H,1-3H3,(H,7,8);3*1H3;3*2H2,1H3;2*1H4/t;2*6-;4-;;;;;;;;/m.000......../s1. The predicted molar refractivity (Wildman–Crippen MR) is 242 cm³/mol. The Balaban J connectivity index is -0.0000000574. The lowest BCUT2D eigenvalue weighted by Gasteiger charge is -2.32. The fourth-order valence-corrected chi connectivity index (χ4v) is 3.14. The molecule has 10 N–H and O–H groups in total. The Kier molecular flexibility index (Phi) is 71.8. The molecule has 0 spiro atoms. The third-order valence-electron chi connectivity index (χ3n) is 6.66. The summed E-state index contributed by atoms with van der Waals surface area (Å²) >= 11 is 8.81. The van der Waals surface area contributed by atoms with Crippen molar-refractivity contribution in [3.8, 4) is 0 Å². The number of alkyl halides is 3. The van der Waals surface area contributed by atoms with Gasteiger partial charge in [0.05, 0.1) is 17.2 Å². The number of allylic oxidation sites excluding steroid dienone is 2. The number of nitrogens with zero attached hydrogens (tertiary/aromatic N) is 2. The summed E-state index contributed by atoms with van der Waals surface area (Å²) in [5.41, 5.74) is 15.6. The summed E-state index contributed by atoms with van der Waals surface area (Å²) in [4.78, 5) is 18.9. The van der Waals surface area contributed by atoms with Crippen LogP contribution in [-0.4, -0.2) is 121 Å². The molecule has 12 nitrogen and oxygen atoms in total. The SMILES string of the molecule is C.C.CB1OC(C)(C)C(C)(C)O1.CBr.CBr.CBr.CN.CN.CN.CNC(=O)[C@H](C)NC.CN[C@@H](C)C1=NC=CC1.CN[C@@H](C)C1=NC=CC1. The normalized spacial score (nSPS) is 15.8. The van der Waals surface area contributed by atoms with Crippen molar-refractivity contribution in [2.24, 2.45) is 27.2 Å². The van der Waals surface area contributed by atoms with Crippen LogP contribution in [0.5, 0.6) is 0 Å². The average molecular weight is 917 g/mol. The van der Waals surface area contributed by atoms with E-state index in [1.54, 1.807) is 21.0 Å². The molecule has 1 saturated heterocycles. The van der Waals surface area contributed by atoms with Gasteiger partial charge in [-0.25, -0.2) is 0 Å². The summed E-state index contributed by atoms with van der Waals surface area (Å²) < 4.78 is 11.1. The van der Waals surface area contributed by atoms with E-state index in [9.17, 15) is 4.79 Å². The van der Waals surface area contributed by atoms with Crippen LogP contribution in [0.2, 0.25) is 6.82 Å². The second kappa shape index (κ2) is 50.6. The van der Waals surface area contributed by atoms with E-state index in [1.165, 1.54) is 32.6 Å². The minimum absolute atomic E-state index is 0. The lowest BCUT2D eigenvalue weighted by atomic mass is 9.90. The molecule has 3 atom stereocenters. The number of likely N-dealkylation sites (N-methyl/N-ethyl adjacent to an activating group) is 2. The highest BCUT2D eigenvalue weighted by molar-refractivity contribution is 9.09. The van der Waals surface area contributed by atoms with Gasteiger partial charge in [-0.3, -0.25) is 14.8 Å². The van der Waals surface area contributed by atoms with Crippen LogP contribution < -0.4 is 38.5 Å². The van der Waals surface area contributed by atoms with Gasteiger partial charge in [0.1, 0.15) is 0 Å². The maximum absolute atomic E-state index is 10.6. The van der Waals surface area contributed by atoms with Crippen LogP contribution in [-0.2, 0) is 14.1 Å². The summed E-state index contributed by atoms with van der Waals surface area (Å²) in [7, 11) is 11.7. The highest BCUT2D eigenvalue weighted by Gasteiger charge is 2.48. The first-order valence-corrected chi connectivity index (χ1v) is 20.4. The molecular weight excluding hydrogens is 833 g/mol. The van der Waals surface area contributed by atoms with Crippen molar-refractivity contribution in [3.05, 3.63) is 24.6 Å². The Morgan fingerprint density at radius 1 is 0.700 bits per heavy atom. The molecule has 50 heavy (non-hydrogen) atoms. The monoisotopic (exact) mass is 913 g/mol. The van der Waals surface area contributed by atoms with Crippen LogP contribution in [0.3, 0.4) is 0 Å². The molecule has 306 valence electrons. The topological polar surface area (TPSA) is 186 Å². The van der Waals surface area contributed by atoms with E-state index in [0.29, 0.717) is 12.1 Å². The first kappa shape index (κ1) is 71.0. The molecule has 16 heteroatoms. The van der Waals surface area contributed by atoms with Gasteiger partial charge in [0, 0.05) is 55.8 Å². The summed E-state index contributed by atoms with van der Waals surface area (Å²) in [6.07, 6.45) is 9.91. The van der Waals surface area contributed by atoms with Gasteiger partial charge in [-0.15, -0.1) is 0 Å². The molecule has 0 saturated carbocycles. The molecular formula is C34H83BBr3N9O3. The fraction of sp³-hybridized carbons (Fsp3) is 0.794. The Labute approximate surface area is 336 Å². The fourth-order valence-electron chi connectivity index (χ4n) is 3.14. The van der Waals surface area contributed by atoms with Crippen LogP contribution in [0.1, 0.15) is 76.2 Å². The van der Waals surface area contributed by atoms with Gasteiger partial charge in [0.25, 0.3) is 0 Å². The smallest absolute Gasteiger partial charge is 0.403 e. The second-order valence-corrected chi connectivity index (χ2v) is 9.89. The zero-order chi connectivity index (χ0) is 39.9. The third-order valence-corrected chi connectivity index (χ3v) is 6.66. The number of halogens is 3. The number of hydrogen-bond acceptors (Lipinski definition) is 11. The van der Waals surface area contributed by atoms with E-state index in [4.69, 9.17) is 9.31 Å². The Morgan fingerprint density at radius 3 is 1.10 bits per heavy atom. The highest BCUT2D eigenvalue weighted by Crippen LogP contribution is 2.36. The zero-order valence-electron chi connectivity index (χ0n) is 33.5. The van der Waals surface area contributed by atoms with Crippen molar-refractivity contribution in [1.29, 1.82) is 0 Å². The van der Waals surface area contributed by atoms with Crippen molar-refractivity contribution in [1.82, 2.24) is 21.3 Å². The highest BCUT2D eigenvalue weighted by atomic mass is 79.9. The van der Waals surface area contributed by atoms with Crippen LogP contribution in [0, 0.1) is 0 Å². The predicted octanol–water partition coefficient (Wildman–Crippen LogP) is 5.98. The summed E-state index contributed by atoms with van der Waals surface area (Å²) in [5.74, 6) is 5.46. The van der Waals surface area contributed by atoms with E-state index in [1.807, 2.05) is 50.8 Å². The number of carbonyl (C=O) groups is 1. The van der Waals surface area contributed by atoms with Crippen molar-refractivity contribution in [3.63, 3.8) is 0 Å². The average Bonchev–Trinajstić information content (AvgIpc) is 3.91. The largest absolute Gasteiger partial charge is 0.454 e. The maximum Gasteiger partial charge on any atom is 0.454 e. The number of carbonyl (C=O) groups excluding carboxylic acids is 1. The Bertz CT molecular complexity index is 755. The van der Waals surface area contributed by atoms with E-state index in [-0.39, 0.29) is 45.1 Å². The van der Waals surface area contributed by atoms with Gasteiger partial charge >= 0.3 is 7.12 Å². The molecule has 3 aliphatic rings. The van der Waals surface area contributed by atoms with E-state index in [2.05, 4.69) is 150 Å². The number of nitrogens with two attached hydrogens (primary N) is 3. The molecule has 0 bridgehead atoms. The van der Waals surface area contributed by atoms with Gasteiger partial charge in [-0.05, 0) is 115 Å². The molecule has 0 unspecified atom stereocenters. The summed E-state index contributed by atoms with van der Waals surface area (Å²) in [6, 6.07) is 0.778. The van der Waals surface area contributed by atoms with Gasteiger partial charge < -0.3 is 47.8 Å². The molecule has 1 amide bonds. The second-order valence-electron chi connectivity index (χ2n) is 9.89. The van der Waals surface area contributed by atoms with Crippen molar-refractivity contribution in [2.75, 3.05) is 66.8 Å². The molecule has 3 heterocycles. The first-order valence-electron chi connectivity index (χ1n) is 15.6. The number of nitrogens with one attached hydrogen (secondary N) is 4. The lowest BCUT2D eigenvalue weighted by molar-refractivity contribution is -0.122. The molecule has 0 radical (unpaired) electrons. The number of aliphatic imine (C=N–C) groups is 2. The molecule has 3 aliphatic heterocycles. The van der Waals surface area contributed by atoms with E-state index in [0.717, 1.165) is 12.8 Å². The summed E-state index contributed by atoms with van der Waals surface area (Å²) in [5, 5.41) is 11.6. The van der Waals surface area contributed by atoms with Gasteiger partial charge in [0.15, 0.2) is 0 Å². The minimum atomic E-state index is -0.160. The van der Waals surface area contributed by atoms with Crippen molar-refractivity contribution in [2.45, 2.75) is 112 Å². The Hall–Kier alpha value is -0.525. The maximum atomic E-state index is 10.6. The number of hydrogen-bond donors (Lipinski definition) is 7. The lowest BCUT2D eigenvalue weighted by Crippen LogP contribution is -2.41. The van der Waals surface area contributed by atoms with Crippen LogP contribution in [0.25, 0.3) is 0 Å². The first-order chi connectivity index (χ1) is 22.8. The molecule has 0 aromatic carbocycles. The molecule has 0 aliphatic carbocycles. The quantitative estimate of drug-likeness (QED) is 0.124. The van der Waals surface area contributed by atoms with Crippen LogP contribution in [0.4, 0.5) is 0 Å². The minimum Gasteiger partial charge on any atom is -0.403 e. The molecule has 1 fully saturated rings. The number of rotatable bonds is 6. The zero-order valence-corrected chi connectivity index (χ0v) is 38.3. The molecule has 3 rings (SSSR count). The third kappa shape index (κ3) is 37.2. The van der Waals surface area contributed by atoms with E-state index < -0.39 is 0 Å². The Morgan fingerprint density at radius 2 is 0.980 bits per heavy atom. The molecule has 0 aromatic heterocycles. The van der Waals surface area contributed by atoms with Gasteiger partial charge in [0.2, 0.25) is 5.91 Å².